The highest BCUT2D eigenvalue weighted by molar-refractivity contribution is 7.99. The highest BCUT2D eigenvalue weighted by Crippen LogP contribution is 2.23. The molecule has 1 aliphatic rings. The molecule has 0 aliphatic carbocycles. The van der Waals surface area contributed by atoms with Gasteiger partial charge in [-0.3, -0.25) is 0 Å². The number of rotatable bonds is 33. The standard InChI is InChI=1S/C15H24O2S.C13H22O2S2.C11H22O3.C10H18O2.C9H16O2/c1-12(2)16-10-14(17-13(3)4)11-18-15-8-6-5-7-9-15;1-10(2)14-7-12(15-11(3)4)8-17-13-5-6-16-9-13;1-8(2)11(7-12-9(3)4)14-6-10-5-13-10;1-8(2)6-5-7-12-10(11)9(3)4;1-4-9(10)11-7-5-6-8(2)3/h5-9,12-14H,10-11H2,1-4H3;5-6,9-12H,7-8H2,1-4H3;8-11H,5-7H2,1-4H3;8H,3,5-7H2,1-2,4H3;4,8H,1,5-7H2,2-3H3. The van der Waals surface area contributed by atoms with Crippen molar-refractivity contribution in [3.05, 3.63) is 72.0 Å². The fourth-order valence-electron chi connectivity index (χ4n) is 5.47. The van der Waals surface area contributed by atoms with Gasteiger partial charge in [0.25, 0.3) is 0 Å². The Morgan fingerprint density at radius 1 is 0.667 bits per heavy atom. The smallest absolute Gasteiger partial charge is 0.333 e. The van der Waals surface area contributed by atoms with Crippen molar-refractivity contribution >= 4 is 46.8 Å². The van der Waals surface area contributed by atoms with Gasteiger partial charge in [0.05, 0.1) is 95.1 Å². The lowest BCUT2D eigenvalue weighted by molar-refractivity contribution is -0.139. The Labute approximate surface area is 452 Å². The van der Waals surface area contributed by atoms with Crippen molar-refractivity contribution in [3.8, 4) is 0 Å². The second-order valence-electron chi connectivity index (χ2n) is 20.1. The van der Waals surface area contributed by atoms with Gasteiger partial charge in [0, 0.05) is 38.3 Å². The second kappa shape index (κ2) is 46.1. The molecule has 0 radical (unpaired) electrons. The molecule has 4 unspecified atom stereocenters. The number of carbonyl (C=O) groups excluding carboxylic acids is 2. The summed E-state index contributed by atoms with van der Waals surface area (Å²) in [6, 6.07) is 12.6. The first kappa shape index (κ1) is 71.8. The van der Waals surface area contributed by atoms with E-state index in [4.69, 9.17) is 42.6 Å². The Morgan fingerprint density at radius 3 is 1.53 bits per heavy atom. The van der Waals surface area contributed by atoms with Gasteiger partial charge in [-0.1, -0.05) is 72.9 Å². The summed E-state index contributed by atoms with van der Waals surface area (Å²) in [6.07, 6.45) is 7.41. The molecule has 0 bridgehead atoms. The molecule has 2 aromatic rings. The monoisotopic (exact) mass is 1070 g/mol. The quantitative estimate of drug-likeness (QED) is 0.0222. The zero-order chi connectivity index (χ0) is 54.9. The number of hydrogen-bond acceptors (Lipinski definition) is 14. The van der Waals surface area contributed by atoms with Crippen molar-refractivity contribution < 1.29 is 52.2 Å². The van der Waals surface area contributed by atoms with E-state index >= 15 is 0 Å². The number of thioether (sulfide) groups is 2. The lowest BCUT2D eigenvalue weighted by atomic mass is 10.1. The van der Waals surface area contributed by atoms with Crippen molar-refractivity contribution in [1.29, 1.82) is 0 Å². The van der Waals surface area contributed by atoms with E-state index in [2.05, 4.69) is 151 Å². The van der Waals surface area contributed by atoms with Gasteiger partial charge in [-0.25, -0.2) is 9.59 Å². The molecule has 0 N–H and O–H groups in total. The van der Waals surface area contributed by atoms with E-state index in [0.29, 0.717) is 69.1 Å². The SMILES string of the molecule is C=C(C)C(=O)OCCCC(C)C.C=CC(=O)OCCCC(C)C.CC(C)OCC(CSc1ccccc1)OC(C)C.CC(C)OCC(CSc1ccsc1)OC(C)C.CC(C)OCC(OCC1CO1)C(C)C. The maximum Gasteiger partial charge on any atom is 0.333 e. The van der Waals surface area contributed by atoms with E-state index in [1.54, 1.807) is 18.3 Å². The molecular weight excluding hydrogens is 969 g/mol. The molecular formula is C58H102O11S3. The summed E-state index contributed by atoms with van der Waals surface area (Å²) in [5.74, 6) is 3.11. The molecule has 3 rings (SSSR count). The molecule has 1 saturated heterocycles. The van der Waals surface area contributed by atoms with Gasteiger partial charge < -0.3 is 42.6 Å². The minimum atomic E-state index is -0.325. The fraction of sp³-hybridized carbons (Fsp3) is 0.724. The molecule has 4 atom stereocenters. The van der Waals surface area contributed by atoms with Gasteiger partial charge in [0.1, 0.15) is 6.10 Å². The van der Waals surface area contributed by atoms with Gasteiger partial charge in [0.2, 0.25) is 0 Å². The summed E-state index contributed by atoms with van der Waals surface area (Å²) in [4.78, 5) is 24.0. The molecule has 0 amide bonds. The first-order chi connectivity index (χ1) is 33.9. The van der Waals surface area contributed by atoms with E-state index in [1.165, 1.54) is 15.9 Å². The highest BCUT2D eigenvalue weighted by Gasteiger charge is 2.25. The van der Waals surface area contributed by atoms with Crippen LogP contribution in [0.25, 0.3) is 0 Å². The number of carbonyl (C=O) groups is 2. The number of benzene rings is 1. The normalized spacial score (nSPS) is 14.2. The van der Waals surface area contributed by atoms with Crippen LogP contribution in [0.4, 0.5) is 0 Å². The van der Waals surface area contributed by atoms with Gasteiger partial charge in [-0.15, -0.1) is 23.5 Å². The van der Waals surface area contributed by atoms with Crippen LogP contribution in [-0.2, 0) is 52.2 Å². The van der Waals surface area contributed by atoms with Crippen molar-refractivity contribution in [1.82, 2.24) is 0 Å². The van der Waals surface area contributed by atoms with Crippen molar-refractivity contribution in [2.75, 3.05) is 57.8 Å². The summed E-state index contributed by atoms with van der Waals surface area (Å²) in [7, 11) is 0. The van der Waals surface area contributed by atoms with Crippen molar-refractivity contribution in [2.24, 2.45) is 17.8 Å². The molecule has 72 heavy (non-hydrogen) atoms. The lowest BCUT2D eigenvalue weighted by Crippen LogP contribution is -2.28. The van der Waals surface area contributed by atoms with Crippen LogP contribution in [0.5, 0.6) is 0 Å². The summed E-state index contributed by atoms with van der Waals surface area (Å²) in [5.41, 5.74) is 0.472. The molecule has 1 aliphatic heterocycles. The molecule has 11 nitrogen and oxygen atoms in total. The van der Waals surface area contributed by atoms with E-state index in [-0.39, 0.29) is 60.8 Å². The second-order valence-corrected chi connectivity index (χ2v) is 23.1. The molecule has 14 heteroatoms. The maximum absolute atomic E-state index is 10.9. The van der Waals surface area contributed by atoms with Crippen molar-refractivity contribution in [3.63, 3.8) is 0 Å². The van der Waals surface area contributed by atoms with Crippen molar-refractivity contribution in [2.45, 2.75) is 208 Å². The van der Waals surface area contributed by atoms with Gasteiger partial charge in [-0.05, 0) is 143 Å². The van der Waals surface area contributed by atoms with Crippen LogP contribution in [-0.4, -0.2) is 125 Å². The Morgan fingerprint density at radius 2 is 1.14 bits per heavy atom. The third-order valence-electron chi connectivity index (χ3n) is 9.35. The predicted molar refractivity (Wildman–Crippen MR) is 305 cm³/mol. The lowest BCUT2D eigenvalue weighted by Gasteiger charge is -2.22. The molecule has 1 aromatic heterocycles. The van der Waals surface area contributed by atoms with E-state index < -0.39 is 0 Å². The van der Waals surface area contributed by atoms with Crippen LogP contribution in [0.1, 0.15) is 143 Å². The van der Waals surface area contributed by atoms with Gasteiger partial charge >= 0.3 is 11.9 Å². The van der Waals surface area contributed by atoms with Crippen LogP contribution in [0.2, 0.25) is 0 Å². The average Bonchev–Trinajstić information content (AvgIpc) is 3.99. The van der Waals surface area contributed by atoms with Crippen LogP contribution in [0.15, 0.2) is 81.8 Å². The topological polar surface area (TPSA) is 121 Å². The molecule has 2 heterocycles. The summed E-state index contributed by atoms with van der Waals surface area (Å²) >= 11 is 5.38. The summed E-state index contributed by atoms with van der Waals surface area (Å²) < 4.78 is 49.1. The Bertz CT molecular complexity index is 1560. The maximum atomic E-state index is 10.9. The van der Waals surface area contributed by atoms with Crippen LogP contribution >= 0.6 is 34.9 Å². The summed E-state index contributed by atoms with van der Waals surface area (Å²) in [5, 5.41) is 4.27. The van der Waals surface area contributed by atoms with Crippen LogP contribution < -0.4 is 0 Å². The van der Waals surface area contributed by atoms with E-state index in [9.17, 15) is 9.59 Å². The van der Waals surface area contributed by atoms with Gasteiger partial charge in [0.15, 0.2) is 0 Å². The summed E-state index contributed by atoms with van der Waals surface area (Å²) in [6.45, 7) is 46.6. The molecule has 1 fully saturated rings. The molecule has 0 saturated carbocycles. The predicted octanol–water partition coefficient (Wildman–Crippen LogP) is 14.6. The van der Waals surface area contributed by atoms with E-state index in [1.807, 2.05) is 43.4 Å². The highest BCUT2D eigenvalue weighted by atomic mass is 32.2. The zero-order valence-corrected chi connectivity index (χ0v) is 50.4. The molecule has 0 spiro atoms. The van der Waals surface area contributed by atoms with Crippen LogP contribution in [0.3, 0.4) is 0 Å². The number of thiophene rings is 1. The van der Waals surface area contributed by atoms with Gasteiger partial charge in [-0.2, -0.15) is 11.3 Å². The molecule has 418 valence electrons. The Hall–Kier alpha value is -2.24. The average molecular weight is 1070 g/mol. The third kappa shape index (κ3) is 49.9. The number of epoxide rings is 1. The first-order valence-corrected chi connectivity index (χ1v) is 29.2. The third-order valence-corrected chi connectivity index (χ3v) is 12.5. The molecule has 1 aromatic carbocycles. The number of esters is 2. The Kier molecular flexibility index (Phi) is 46.0. The fourth-order valence-corrected chi connectivity index (χ4v) is 8.13. The Balaban J connectivity index is 0. The minimum absolute atomic E-state index is 0.151. The first-order valence-electron chi connectivity index (χ1n) is 26.3. The van der Waals surface area contributed by atoms with E-state index in [0.717, 1.165) is 43.8 Å². The zero-order valence-electron chi connectivity index (χ0n) is 47.9. The minimum Gasteiger partial charge on any atom is -0.463 e. The largest absolute Gasteiger partial charge is 0.463 e. The number of hydrogen-bond donors (Lipinski definition) is 0. The number of ether oxygens (including phenoxy) is 9. The van der Waals surface area contributed by atoms with Crippen LogP contribution in [0, 0.1) is 17.8 Å².